The first-order valence-corrected chi connectivity index (χ1v) is 7.07. The first-order chi connectivity index (χ1) is 10.6. The van der Waals surface area contributed by atoms with Gasteiger partial charge in [0.2, 0.25) is 0 Å². The molecular formula is C18H20N2O2. The van der Waals surface area contributed by atoms with E-state index in [4.69, 9.17) is 10.5 Å². The Kier molecular flexibility index (Phi) is 5.20. The van der Waals surface area contributed by atoms with Crippen LogP contribution in [-0.2, 0) is 11.3 Å². The van der Waals surface area contributed by atoms with E-state index >= 15 is 0 Å². The number of carbonyl (C=O) groups is 1. The van der Waals surface area contributed by atoms with Crippen LogP contribution in [0.25, 0.3) is 6.08 Å². The maximum atomic E-state index is 11.9. The zero-order valence-electron chi connectivity index (χ0n) is 12.8. The number of allylic oxidation sites excluding steroid dienone is 1. The molecule has 0 saturated heterocycles. The number of carbonyl (C=O) groups excluding carboxylic acids is 1. The number of nitrogens with two attached hydrogens (primary N) is 1. The van der Waals surface area contributed by atoms with Crippen molar-refractivity contribution in [3.05, 3.63) is 70.9 Å². The third-order valence-corrected chi connectivity index (χ3v) is 3.21. The Bertz CT molecular complexity index is 675. The van der Waals surface area contributed by atoms with Crippen molar-refractivity contribution < 1.29 is 9.53 Å². The smallest absolute Gasteiger partial charge is 0.411 e. The van der Waals surface area contributed by atoms with Gasteiger partial charge in [0.15, 0.2) is 0 Å². The van der Waals surface area contributed by atoms with Crippen LogP contribution in [-0.4, -0.2) is 6.09 Å². The van der Waals surface area contributed by atoms with Gasteiger partial charge in [0.25, 0.3) is 0 Å². The van der Waals surface area contributed by atoms with Crippen LogP contribution in [0.5, 0.6) is 0 Å². The van der Waals surface area contributed by atoms with E-state index in [1.807, 2.05) is 68.5 Å². The van der Waals surface area contributed by atoms with Gasteiger partial charge >= 0.3 is 6.09 Å². The number of ether oxygens (including phenoxy) is 1. The van der Waals surface area contributed by atoms with Crippen LogP contribution < -0.4 is 11.1 Å². The van der Waals surface area contributed by atoms with E-state index in [9.17, 15) is 4.79 Å². The van der Waals surface area contributed by atoms with Gasteiger partial charge < -0.3 is 10.5 Å². The van der Waals surface area contributed by atoms with Crippen LogP contribution in [0.2, 0.25) is 0 Å². The number of hydrogen-bond acceptors (Lipinski definition) is 3. The topological polar surface area (TPSA) is 64.3 Å². The van der Waals surface area contributed by atoms with Gasteiger partial charge in [-0.25, -0.2) is 4.79 Å². The Hall–Kier alpha value is -2.75. The Morgan fingerprint density at radius 1 is 1.18 bits per heavy atom. The molecule has 0 saturated carbocycles. The predicted octanol–water partition coefficient (Wildman–Crippen LogP) is 4.06. The summed E-state index contributed by atoms with van der Waals surface area (Å²) in [5, 5.41) is 2.76. The summed E-state index contributed by atoms with van der Waals surface area (Å²) in [7, 11) is 0. The zero-order chi connectivity index (χ0) is 15.9. The number of benzene rings is 2. The minimum Gasteiger partial charge on any atom is -0.444 e. The number of hydrogen-bond donors (Lipinski definition) is 2. The van der Waals surface area contributed by atoms with Gasteiger partial charge in [-0.05, 0) is 42.7 Å². The molecule has 0 fully saturated rings. The number of amides is 1. The van der Waals surface area contributed by atoms with Gasteiger partial charge in [-0.15, -0.1) is 0 Å². The zero-order valence-corrected chi connectivity index (χ0v) is 12.8. The van der Waals surface area contributed by atoms with Crippen LogP contribution in [0.1, 0.15) is 23.6 Å². The summed E-state index contributed by atoms with van der Waals surface area (Å²) >= 11 is 0. The van der Waals surface area contributed by atoms with E-state index in [0.717, 1.165) is 16.7 Å². The first-order valence-electron chi connectivity index (χ1n) is 7.07. The lowest BCUT2D eigenvalue weighted by atomic mass is 10.1. The van der Waals surface area contributed by atoms with Crippen molar-refractivity contribution >= 4 is 17.9 Å². The van der Waals surface area contributed by atoms with Gasteiger partial charge in [-0.2, -0.15) is 0 Å². The van der Waals surface area contributed by atoms with Crippen LogP contribution in [0, 0.1) is 6.92 Å². The second-order valence-corrected chi connectivity index (χ2v) is 5.09. The minimum absolute atomic E-state index is 0.243. The Morgan fingerprint density at radius 3 is 2.59 bits per heavy atom. The van der Waals surface area contributed by atoms with Crippen LogP contribution in [0.15, 0.2) is 54.2 Å². The molecule has 1 amide bonds. The second kappa shape index (κ2) is 7.31. The molecule has 0 heterocycles. The molecule has 0 unspecified atom stereocenters. The maximum Gasteiger partial charge on any atom is 0.411 e. The van der Waals surface area contributed by atoms with Crippen molar-refractivity contribution in [2.45, 2.75) is 20.5 Å². The van der Waals surface area contributed by atoms with E-state index in [1.54, 1.807) is 0 Å². The van der Waals surface area contributed by atoms with Gasteiger partial charge in [-0.1, -0.05) is 42.5 Å². The number of nitrogens with one attached hydrogen (secondary N) is 1. The SMILES string of the molecule is C/C(N)=C\c1cccc(NC(=O)OCc2ccccc2)c1C. The fraction of sp³-hybridized carbons (Fsp3) is 0.167. The second-order valence-electron chi connectivity index (χ2n) is 5.09. The molecule has 22 heavy (non-hydrogen) atoms. The lowest BCUT2D eigenvalue weighted by Gasteiger charge is -2.11. The quantitative estimate of drug-likeness (QED) is 0.894. The van der Waals surface area contributed by atoms with Crippen molar-refractivity contribution in [1.29, 1.82) is 0 Å². The normalized spacial score (nSPS) is 11.1. The van der Waals surface area contributed by atoms with Crippen LogP contribution in [0.4, 0.5) is 10.5 Å². The molecule has 0 aliphatic carbocycles. The van der Waals surface area contributed by atoms with Crippen molar-refractivity contribution in [2.75, 3.05) is 5.32 Å². The van der Waals surface area contributed by atoms with E-state index in [2.05, 4.69) is 5.32 Å². The summed E-state index contributed by atoms with van der Waals surface area (Å²) in [4.78, 5) is 11.9. The average Bonchev–Trinajstić information content (AvgIpc) is 2.50. The van der Waals surface area contributed by atoms with E-state index in [1.165, 1.54) is 0 Å². The lowest BCUT2D eigenvalue weighted by molar-refractivity contribution is 0.155. The van der Waals surface area contributed by atoms with Crippen molar-refractivity contribution in [3.8, 4) is 0 Å². The van der Waals surface area contributed by atoms with Gasteiger partial charge in [0.1, 0.15) is 6.61 Å². The number of anilines is 1. The first kappa shape index (κ1) is 15.6. The monoisotopic (exact) mass is 296 g/mol. The highest BCUT2D eigenvalue weighted by Crippen LogP contribution is 2.21. The standard InChI is InChI=1S/C18H20N2O2/c1-13(19)11-16-9-6-10-17(14(16)2)20-18(21)22-12-15-7-4-3-5-8-15/h3-11H,12,19H2,1-2H3,(H,20,21)/b13-11+. The highest BCUT2D eigenvalue weighted by atomic mass is 16.5. The van der Waals surface area contributed by atoms with Gasteiger partial charge in [-0.3, -0.25) is 5.32 Å². The van der Waals surface area contributed by atoms with Gasteiger partial charge in [0, 0.05) is 11.4 Å². The minimum atomic E-state index is -0.474. The third-order valence-electron chi connectivity index (χ3n) is 3.21. The highest BCUT2D eigenvalue weighted by Gasteiger charge is 2.07. The average molecular weight is 296 g/mol. The van der Waals surface area contributed by atoms with Crippen LogP contribution in [0.3, 0.4) is 0 Å². The Morgan fingerprint density at radius 2 is 1.91 bits per heavy atom. The summed E-state index contributed by atoms with van der Waals surface area (Å²) in [6.07, 6.45) is 1.40. The molecular weight excluding hydrogens is 276 g/mol. The summed E-state index contributed by atoms with van der Waals surface area (Å²) < 4.78 is 5.22. The summed E-state index contributed by atoms with van der Waals surface area (Å²) in [5.74, 6) is 0. The maximum absolute atomic E-state index is 11.9. The van der Waals surface area contributed by atoms with Crippen molar-refractivity contribution in [2.24, 2.45) is 5.73 Å². The highest BCUT2D eigenvalue weighted by molar-refractivity contribution is 5.86. The molecule has 2 aromatic rings. The lowest BCUT2D eigenvalue weighted by Crippen LogP contribution is -2.14. The molecule has 0 aliphatic heterocycles. The molecule has 3 N–H and O–H groups in total. The summed E-state index contributed by atoms with van der Waals surface area (Å²) in [6.45, 7) is 4.00. The summed E-state index contributed by atoms with van der Waals surface area (Å²) in [5.41, 5.74) is 10.0. The molecule has 0 atom stereocenters. The third kappa shape index (κ3) is 4.38. The number of rotatable bonds is 4. The van der Waals surface area contributed by atoms with E-state index < -0.39 is 6.09 Å². The van der Waals surface area contributed by atoms with Crippen LogP contribution >= 0.6 is 0 Å². The van der Waals surface area contributed by atoms with E-state index in [-0.39, 0.29) is 6.61 Å². The Labute approximate surface area is 130 Å². The largest absolute Gasteiger partial charge is 0.444 e. The van der Waals surface area contributed by atoms with E-state index in [0.29, 0.717) is 11.4 Å². The molecule has 2 rings (SSSR count). The molecule has 0 radical (unpaired) electrons. The molecule has 0 spiro atoms. The predicted molar refractivity (Wildman–Crippen MR) is 89.3 cm³/mol. The fourth-order valence-corrected chi connectivity index (χ4v) is 2.06. The molecule has 4 nitrogen and oxygen atoms in total. The fourth-order valence-electron chi connectivity index (χ4n) is 2.06. The summed E-state index contributed by atoms with van der Waals surface area (Å²) in [6, 6.07) is 15.2. The van der Waals surface area contributed by atoms with Crippen molar-refractivity contribution in [1.82, 2.24) is 0 Å². The molecule has 0 aromatic heterocycles. The van der Waals surface area contributed by atoms with Gasteiger partial charge in [0.05, 0.1) is 0 Å². The molecule has 0 aliphatic rings. The molecule has 2 aromatic carbocycles. The molecule has 0 bridgehead atoms. The van der Waals surface area contributed by atoms with Crippen molar-refractivity contribution in [3.63, 3.8) is 0 Å². The Balaban J connectivity index is 2.01. The molecule has 114 valence electrons. The molecule has 4 heteroatoms.